The third-order valence-corrected chi connectivity index (χ3v) is 6.45. The number of nitrogens with one attached hydrogen (secondary N) is 1. The lowest BCUT2D eigenvalue weighted by Crippen LogP contribution is -2.51. The van der Waals surface area contributed by atoms with Crippen molar-refractivity contribution in [1.29, 1.82) is 0 Å². The van der Waals surface area contributed by atoms with Crippen LogP contribution in [0.4, 0.5) is 0 Å². The van der Waals surface area contributed by atoms with Crippen LogP contribution in [0, 0.1) is 0 Å². The number of pyridine rings is 1. The quantitative estimate of drug-likeness (QED) is 0.586. The van der Waals surface area contributed by atoms with E-state index in [1.807, 2.05) is 24.8 Å². The summed E-state index contributed by atoms with van der Waals surface area (Å²) in [4.78, 5) is 33.9. The first kappa shape index (κ1) is 22.5. The van der Waals surface area contributed by atoms with Crippen LogP contribution in [-0.2, 0) is 4.79 Å². The summed E-state index contributed by atoms with van der Waals surface area (Å²) in [6.07, 6.45) is 3.40. The molecule has 7 nitrogen and oxygen atoms in total. The van der Waals surface area contributed by atoms with E-state index in [1.54, 1.807) is 36.7 Å². The van der Waals surface area contributed by atoms with Gasteiger partial charge in [0.05, 0.1) is 22.3 Å². The number of benzene rings is 1. The first-order valence-corrected chi connectivity index (χ1v) is 11.7. The van der Waals surface area contributed by atoms with Crippen LogP contribution in [0.2, 0.25) is 5.02 Å². The van der Waals surface area contributed by atoms with Crippen LogP contribution in [0.5, 0.6) is 11.5 Å². The smallest absolute Gasteiger partial charge is 0.264 e. The van der Waals surface area contributed by atoms with Crippen LogP contribution in [0.1, 0.15) is 23.5 Å². The summed E-state index contributed by atoms with van der Waals surface area (Å²) in [6, 6.07) is 9.11. The number of carbonyl (C=O) groups excluding carboxylic acids is 2. The van der Waals surface area contributed by atoms with Crippen molar-refractivity contribution in [3.63, 3.8) is 0 Å². The molecular weight excluding hydrogens is 448 g/mol. The third kappa shape index (κ3) is 5.38. The summed E-state index contributed by atoms with van der Waals surface area (Å²) in [7, 11) is 0. The monoisotopic (exact) mass is 472 g/mol. The SMILES string of the molecule is CC(C)NC(=O)CN1CCN(C(=O)c2cc3c(Oc4ccc(Cl)cc4)cncc3s2)CC1. The number of aromatic nitrogens is 1. The molecule has 0 unspecified atom stereocenters. The Bertz CT molecular complexity index is 1110. The highest BCUT2D eigenvalue weighted by Gasteiger charge is 2.25. The molecule has 9 heteroatoms. The first-order valence-electron chi connectivity index (χ1n) is 10.5. The molecule has 1 fully saturated rings. The molecule has 2 amide bonds. The fraction of sp³-hybridized carbons (Fsp3) is 0.348. The molecule has 32 heavy (non-hydrogen) atoms. The molecule has 3 aromatic rings. The van der Waals surface area contributed by atoms with Crippen LogP contribution < -0.4 is 10.1 Å². The van der Waals surface area contributed by atoms with Crippen LogP contribution >= 0.6 is 22.9 Å². The second kappa shape index (κ2) is 9.85. The van der Waals surface area contributed by atoms with Crippen molar-refractivity contribution in [1.82, 2.24) is 20.1 Å². The van der Waals surface area contributed by atoms with Crippen LogP contribution in [-0.4, -0.2) is 65.4 Å². The Morgan fingerprint density at radius 3 is 2.56 bits per heavy atom. The number of halogens is 1. The van der Waals surface area contributed by atoms with Gasteiger partial charge < -0.3 is 15.0 Å². The highest BCUT2D eigenvalue weighted by Crippen LogP contribution is 2.35. The number of thiophene rings is 1. The van der Waals surface area contributed by atoms with Gasteiger partial charge in [-0.2, -0.15) is 0 Å². The molecule has 1 aliphatic heterocycles. The molecule has 0 bridgehead atoms. The normalized spacial score (nSPS) is 14.7. The zero-order valence-corrected chi connectivity index (χ0v) is 19.6. The molecule has 0 atom stereocenters. The molecule has 4 rings (SSSR count). The standard InChI is InChI=1S/C23H25ClN4O3S/c1-15(2)26-22(29)14-27-7-9-28(10-8-27)23(30)20-11-18-19(12-25-13-21(18)32-20)31-17-5-3-16(24)4-6-17/h3-6,11-13,15H,7-10,14H2,1-2H3,(H,26,29). The van der Waals surface area contributed by atoms with Gasteiger partial charge in [-0.05, 0) is 44.2 Å². The number of ether oxygens (including phenoxy) is 1. The summed E-state index contributed by atoms with van der Waals surface area (Å²) < 4.78 is 6.87. The number of hydrogen-bond donors (Lipinski definition) is 1. The van der Waals surface area contributed by atoms with Gasteiger partial charge in [-0.3, -0.25) is 19.5 Å². The lowest BCUT2D eigenvalue weighted by Gasteiger charge is -2.34. The largest absolute Gasteiger partial charge is 0.455 e. The maximum Gasteiger partial charge on any atom is 0.264 e. The Labute approximate surface area is 195 Å². The molecular formula is C23H25ClN4O3S. The Kier molecular flexibility index (Phi) is 6.93. The van der Waals surface area contributed by atoms with Crippen molar-refractivity contribution in [2.24, 2.45) is 0 Å². The lowest BCUT2D eigenvalue weighted by molar-refractivity contribution is -0.123. The van der Waals surface area contributed by atoms with Gasteiger partial charge in [-0.1, -0.05) is 11.6 Å². The predicted octanol–water partition coefficient (Wildman–Crippen LogP) is 4.02. The molecule has 0 radical (unpaired) electrons. The highest BCUT2D eigenvalue weighted by molar-refractivity contribution is 7.20. The van der Waals surface area contributed by atoms with Gasteiger partial charge in [0.2, 0.25) is 5.91 Å². The minimum atomic E-state index is -0.00470. The average molecular weight is 473 g/mol. The Balaban J connectivity index is 1.42. The molecule has 0 saturated carbocycles. The highest BCUT2D eigenvalue weighted by atomic mass is 35.5. The van der Waals surface area contributed by atoms with E-state index in [1.165, 1.54) is 11.3 Å². The zero-order valence-electron chi connectivity index (χ0n) is 18.0. The number of amides is 2. The molecule has 168 valence electrons. The van der Waals surface area contributed by atoms with Crippen molar-refractivity contribution < 1.29 is 14.3 Å². The molecule has 1 N–H and O–H groups in total. The summed E-state index contributed by atoms with van der Waals surface area (Å²) in [5, 5.41) is 4.40. The van der Waals surface area contributed by atoms with E-state index < -0.39 is 0 Å². The fourth-order valence-electron chi connectivity index (χ4n) is 3.59. The van der Waals surface area contributed by atoms with Gasteiger partial charge in [0.15, 0.2) is 5.75 Å². The summed E-state index contributed by atoms with van der Waals surface area (Å²) in [5.74, 6) is 1.27. The van der Waals surface area contributed by atoms with E-state index in [0.29, 0.717) is 54.1 Å². The first-order chi connectivity index (χ1) is 15.4. The Hall–Kier alpha value is -2.68. The maximum absolute atomic E-state index is 13.1. The average Bonchev–Trinajstić information content (AvgIpc) is 3.20. The van der Waals surface area contributed by atoms with Crippen LogP contribution in [0.15, 0.2) is 42.7 Å². The molecule has 3 heterocycles. The molecule has 0 spiro atoms. The zero-order chi connectivity index (χ0) is 22.7. The van der Waals surface area contributed by atoms with E-state index in [-0.39, 0.29) is 17.9 Å². The summed E-state index contributed by atoms with van der Waals surface area (Å²) in [5.41, 5.74) is 0. The molecule has 1 saturated heterocycles. The van der Waals surface area contributed by atoms with Gasteiger partial charge in [0.25, 0.3) is 5.91 Å². The molecule has 1 aromatic carbocycles. The number of nitrogens with zero attached hydrogens (tertiary/aromatic N) is 3. The molecule has 0 aliphatic carbocycles. The van der Waals surface area contributed by atoms with Gasteiger partial charge in [0, 0.05) is 48.8 Å². The molecule has 1 aliphatic rings. The predicted molar refractivity (Wildman–Crippen MR) is 127 cm³/mol. The molecule has 2 aromatic heterocycles. The summed E-state index contributed by atoms with van der Waals surface area (Å²) in [6.45, 7) is 6.79. The van der Waals surface area contributed by atoms with Crippen molar-refractivity contribution >= 4 is 44.8 Å². The van der Waals surface area contributed by atoms with Gasteiger partial charge in [-0.25, -0.2) is 0 Å². The van der Waals surface area contributed by atoms with Crippen molar-refractivity contribution in [3.8, 4) is 11.5 Å². The second-order valence-electron chi connectivity index (χ2n) is 8.01. The summed E-state index contributed by atoms with van der Waals surface area (Å²) >= 11 is 7.36. The third-order valence-electron chi connectivity index (χ3n) is 5.14. The Morgan fingerprint density at radius 2 is 1.88 bits per heavy atom. The number of carbonyl (C=O) groups is 2. The van der Waals surface area contributed by atoms with E-state index in [0.717, 1.165) is 10.1 Å². The van der Waals surface area contributed by atoms with Gasteiger partial charge in [0.1, 0.15) is 5.75 Å². The minimum Gasteiger partial charge on any atom is -0.455 e. The van der Waals surface area contributed by atoms with E-state index in [4.69, 9.17) is 16.3 Å². The number of fused-ring (bicyclic) bond motifs is 1. The fourth-order valence-corrected chi connectivity index (χ4v) is 4.73. The Morgan fingerprint density at radius 1 is 1.16 bits per heavy atom. The maximum atomic E-state index is 13.1. The van der Waals surface area contributed by atoms with E-state index in [2.05, 4.69) is 15.2 Å². The van der Waals surface area contributed by atoms with Crippen molar-refractivity contribution in [2.75, 3.05) is 32.7 Å². The second-order valence-corrected chi connectivity index (χ2v) is 9.53. The van der Waals surface area contributed by atoms with Crippen LogP contribution in [0.25, 0.3) is 10.1 Å². The minimum absolute atomic E-state index is 0.00470. The van der Waals surface area contributed by atoms with Gasteiger partial charge in [-0.15, -0.1) is 11.3 Å². The topological polar surface area (TPSA) is 74.8 Å². The lowest BCUT2D eigenvalue weighted by atomic mass is 10.2. The van der Waals surface area contributed by atoms with Crippen LogP contribution in [0.3, 0.4) is 0 Å². The van der Waals surface area contributed by atoms with E-state index in [9.17, 15) is 9.59 Å². The number of rotatable bonds is 6. The van der Waals surface area contributed by atoms with Gasteiger partial charge >= 0.3 is 0 Å². The van der Waals surface area contributed by atoms with E-state index >= 15 is 0 Å². The van der Waals surface area contributed by atoms with Crippen molar-refractivity contribution in [2.45, 2.75) is 19.9 Å². The van der Waals surface area contributed by atoms with Crippen molar-refractivity contribution in [3.05, 3.63) is 52.6 Å². The number of piperazine rings is 1. The number of hydrogen-bond acceptors (Lipinski definition) is 6.